The first kappa shape index (κ1) is 16.6. The van der Waals surface area contributed by atoms with E-state index in [9.17, 15) is 9.18 Å². The predicted molar refractivity (Wildman–Crippen MR) is 84.5 cm³/mol. The SMILES string of the molecule is COC(=O)Nc1ccc(OCCCOc2ccc(F)cc2)cc1. The van der Waals surface area contributed by atoms with E-state index in [1.54, 1.807) is 36.4 Å². The van der Waals surface area contributed by atoms with Crippen LogP contribution in [0.25, 0.3) is 0 Å². The maximum Gasteiger partial charge on any atom is 0.411 e. The van der Waals surface area contributed by atoms with Gasteiger partial charge >= 0.3 is 6.09 Å². The van der Waals surface area contributed by atoms with Gasteiger partial charge in [0.1, 0.15) is 17.3 Å². The van der Waals surface area contributed by atoms with Gasteiger partial charge in [-0.25, -0.2) is 9.18 Å². The zero-order chi connectivity index (χ0) is 16.5. The average molecular weight is 319 g/mol. The van der Waals surface area contributed by atoms with Gasteiger partial charge in [-0.1, -0.05) is 0 Å². The number of rotatable bonds is 7. The summed E-state index contributed by atoms with van der Waals surface area (Å²) in [5.41, 5.74) is 0.629. The van der Waals surface area contributed by atoms with Gasteiger partial charge in [-0.2, -0.15) is 0 Å². The first-order valence-electron chi connectivity index (χ1n) is 7.13. The summed E-state index contributed by atoms with van der Waals surface area (Å²) in [6, 6.07) is 12.8. The molecule has 0 unspecified atom stereocenters. The Morgan fingerprint density at radius 2 is 1.48 bits per heavy atom. The van der Waals surface area contributed by atoms with Crippen molar-refractivity contribution in [3.05, 3.63) is 54.3 Å². The number of benzene rings is 2. The van der Waals surface area contributed by atoms with Gasteiger partial charge in [-0.05, 0) is 48.5 Å². The summed E-state index contributed by atoms with van der Waals surface area (Å²) in [5, 5.41) is 2.55. The van der Waals surface area contributed by atoms with Crippen molar-refractivity contribution in [1.29, 1.82) is 0 Å². The molecule has 0 aliphatic heterocycles. The van der Waals surface area contributed by atoms with Crippen molar-refractivity contribution in [3.8, 4) is 11.5 Å². The Labute approximate surface area is 134 Å². The summed E-state index contributed by atoms with van der Waals surface area (Å²) in [5.74, 6) is 1.04. The highest BCUT2D eigenvalue weighted by molar-refractivity contribution is 5.84. The van der Waals surface area contributed by atoms with Gasteiger partial charge in [-0.15, -0.1) is 0 Å². The lowest BCUT2D eigenvalue weighted by Gasteiger charge is -2.09. The van der Waals surface area contributed by atoms with Gasteiger partial charge in [0.15, 0.2) is 0 Å². The quantitative estimate of drug-likeness (QED) is 0.788. The Bertz CT molecular complexity index is 613. The van der Waals surface area contributed by atoms with Crippen molar-refractivity contribution >= 4 is 11.8 Å². The number of nitrogens with one attached hydrogen (secondary N) is 1. The summed E-state index contributed by atoms with van der Waals surface area (Å²) in [4.78, 5) is 11.0. The molecule has 0 saturated heterocycles. The maximum absolute atomic E-state index is 12.7. The minimum Gasteiger partial charge on any atom is -0.493 e. The van der Waals surface area contributed by atoms with Crippen LogP contribution in [0.4, 0.5) is 14.9 Å². The molecule has 122 valence electrons. The molecule has 0 aliphatic carbocycles. The number of carbonyl (C=O) groups is 1. The largest absolute Gasteiger partial charge is 0.493 e. The van der Waals surface area contributed by atoms with Gasteiger partial charge in [0.25, 0.3) is 0 Å². The number of halogens is 1. The van der Waals surface area contributed by atoms with Crippen LogP contribution in [-0.4, -0.2) is 26.4 Å². The third kappa shape index (κ3) is 5.86. The van der Waals surface area contributed by atoms with Crippen LogP contribution in [-0.2, 0) is 4.74 Å². The summed E-state index contributed by atoms with van der Waals surface area (Å²) in [6.45, 7) is 0.971. The minimum atomic E-state index is -0.517. The van der Waals surface area contributed by atoms with Crippen LogP contribution in [0.3, 0.4) is 0 Å². The molecule has 0 atom stereocenters. The second-order valence-electron chi connectivity index (χ2n) is 4.65. The molecule has 2 rings (SSSR count). The summed E-state index contributed by atoms with van der Waals surface area (Å²) < 4.78 is 28.3. The fourth-order valence-electron chi connectivity index (χ4n) is 1.77. The number of hydrogen-bond acceptors (Lipinski definition) is 4. The van der Waals surface area contributed by atoms with Crippen molar-refractivity contribution in [2.24, 2.45) is 0 Å². The van der Waals surface area contributed by atoms with Crippen molar-refractivity contribution < 1.29 is 23.4 Å². The van der Waals surface area contributed by atoms with E-state index in [0.717, 1.165) is 0 Å². The van der Waals surface area contributed by atoms with Crippen LogP contribution < -0.4 is 14.8 Å². The Morgan fingerprint density at radius 3 is 2.00 bits per heavy atom. The van der Waals surface area contributed by atoms with Crippen molar-refractivity contribution in [2.45, 2.75) is 6.42 Å². The third-order valence-corrected chi connectivity index (χ3v) is 2.93. The summed E-state index contributed by atoms with van der Waals surface area (Å²) >= 11 is 0. The lowest BCUT2D eigenvalue weighted by Crippen LogP contribution is -2.10. The molecule has 0 aromatic heterocycles. The fourth-order valence-corrected chi connectivity index (χ4v) is 1.77. The van der Waals surface area contributed by atoms with E-state index in [4.69, 9.17) is 9.47 Å². The first-order chi connectivity index (χ1) is 11.2. The second kappa shape index (κ2) is 8.63. The molecular formula is C17H18FNO4. The van der Waals surface area contributed by atoms with E-state index < -0.39 is 6.09 Å². The molecule has 2 aromatic rings. The van der Waals surface area contributed by atoms with Crippen LogP contribution in [0.15, 0.2) is 48.5 Å². The third-order valence-electron chi connectivity index (χ3n) is 2.93. The Morgan fingerprint density at radius 1 is 0.957 bits per heavy atom. The highest BCUT2D eigenvalue weighted by Crippen LogP contribution is 2.16. The summed E-state index contributed by atoms with van der Waals surface area (Å²) in [6.07, 6.45) is 0.177. The Hall–Kier alpha value is -2.76. The number of hydrogen-bond donors (Lipinski definition) is 1. The summed E-state index contributed by atoms with van der Waals surface area (Å²) in [7, 11) is 1.31. The standard InChI is InChI=1S/C17H18FNO4/c1-21-17(20)19-14-5-9-16(10-6-14)23-12-2-11-22-15-7-3-13(18)4-8-15/h3-10H,2,11-12H2,1H3,(H,19,20). The van der Waals surface area contributed by atoms with Crippen molar-refractivity contribution in [1.82, 2.24) is 0 Å². The van der Waals surface area contributed by atoms with Gasteiger partial charge < -0.3 is 14.2 Å². The molecule has 1 N–H and O–H groups in total. The first-order valence-corrected chi connectivity index (χ1v) is 7.13. The molecule has 0 fully saturated rings. The lowest BCUT2D eigenvalue weighted by molar-refractivity contribution is 0.187. The van der Waals surface area contributed by atoms with Crippen LogP contribution in [0.5, 0.6) is 11.5 Å². The minimum absolute atomic E-state index is 0.286. The molecule has 0 aliphatic rings. The molecular weight excluding hydrogens is 301 g/mol. The molecule has 0 spiro atoms. The zero-order valence-corrected chi connectivity index (χ0v) is 12.8. The van der Waals surface area contributed by atoms with Crippen LogP contribution in [0.2, 0.25) is 0 Å². The van der Waals surface area contributed by atoms with Crippen LogP contribution in [0.1, 0.15) is 6.42 Å². The molecule has 0 saturated carbocycles. The molecule has 0 radical (unpaired) electrons. The monoisotopic (exact) mass is 319 g/mol. The molecule has 1 amide bonds. The smallest absolute Gasteiger partial charge is 0.411 e. The van der Waals surface area contributed by atoms with Crippen LogP contribution >= 0.6 is 0 Å². The molecule has 2 aromatic carbocycles. The van der Waals surface area contributed by atoms with Crippen LogP contribution in [0, 0.1) is 5.82 Å². The van der Waals surface area contributed by atoms with Gasteiger partial charge in [-0.3, -0.25) is 5.32 Å². The number of methoxy groups -OCH3 is 1. The average Bonchev–Trinajstić information content (AvgIpc) is 2.57. The fraction of sp³-hybridized carbons (Fsp3) is 0.235. The molecule has 6 heteroatoms. The van der Waals surface area contributed by atoms with E-state index in [1.807, 2.05) is 0 Å². The Kier molecular flexibility index (Phi) is 6.23. The van der Waals surface area contributed by atoms with Gasteiger partial charge in [0.2, 0.25) is 0 Å². The van der Waals surface area contributed by atoms with Crippen molar-refractivity contribution in [2.75, 3.05) is 25.6 Å². The highest BCUT2D eigenvalue weighted by atomic mass is 19.1. The van der Waals surface area contributed by atoms with E-state index in [1.165, 1.54) is 19.2 Å². The van der Waals surface area contributed by atoms with E-state index in [2.05, 4.69) is 10.1 Å². The predicted octanol–water partition coefficient (Wildman–Crippen LogP) is 3.85. The van der Waals surface area contributed by atoms with Gasteiger partial charge in [0.05, 0.1) is 20.3 Å². The van der Waals surface area contributed by atoms with E-state index >= 15 is 0 Å². The molecule has 5 nitrogen and oxygen atoms in total. The van der Waals surface area contributed by atoms with Gasteiger partial charge in [0, 0.05) is 12.1 Å². The number of anilines is 1. The van der Waals surface area contributed by atoms with E-state index in [-0.39, 0.29) is 5.82 Å². The maximum atomic E-state index is 12.7. The second-order valence-corrected chi connectivity index (χ2v) is 4.65. The topological polar surface area (TPSA) is 56.8 Å². The normalized spacial score (nSPS) is 10.0. The molecule has 23 heavy (non-hydrogen) atoms. The number of amides is 1. The zero-order valence-electron chi connectivity index (χ0n) is 12.8. The van der Waals surface area contributed by atoms with Crippen molar-refractivity contribution in [3.63, 3.8) is 0 Å². The number of carbonyl (C=O) groups excluding carboxylic acids is 1. The molecule has 0 heterocycles. The highest BCUT2D eigenvalue weighted by Gasteiger charge is 2.01. The van der Waals surface area contributed by atoms with E-state index in [0.29, 0.717) is 36.8 Å². The molecule has 0 bridgehead atoms. The number of ether oxygens (including phenoxy) is 3. The Balaban J connectivity index is 1.66. The lowest BCUT2D eigenvalue weighted by atomic mass is 10.3.